The lowest BCUT2D eigenvalue weighted by atomic mass is 9.31. The number of carboxylic acid groups (broad SMARTS) is 1. The molecule has 4 N–H and O–H groups in total. The van der Waals surface area contributed by atoms with Gasteiger partial charge >= 0.3 is 5.97 Å². The van der Waals surface area contributed by atoms with Crippen molar-refractivity contribution in [1.82, 2.24) is 0 Å². The molecule has 4 atom stereocenters. The van der Waals surface area contributed by atoms with Crippen LogP contribution in [0.2, 0.25) is 0 Å². The lowest BCUT2D eigenvalue weighted by Gasteiger charge is -2.73. The Hall–Kier alpha value is -1.71. The molecule has 4 heteroatoms. The number of hydrogen-bond donors (Lipinski definition) is 3. The van der Waals surface area contributed by atoms with Gasteiger partial charge in [0.1, 0.15) is 5.75 Å². The highest BCUT2D eigenvalue weighted by Crippen LogP contribution is 2.78. The van der Waals surface area contributed by atoms with Crippen molar-refractivity contribution in [2.75, 3.05) is 5.73 Å². The van der Waals surface area contributed by atoms with Crippen LogP contribution in [0, 0.1) is 39.9 Å². The van der Waals surface area contributed by atoms with E-state index in [0.717, 1.165) is 31.1 Å². The molecule has 1 aromatic rings. The molecule has 8 bridgehead atoms. The molecule has 8 aliphatic rings. The molecule has 4 unspecified atom stereocenters. The van der Waals surface area contributed by atoms with Gasteiger partial charge in [-0.2, -0.15) is 0 Å². The Balaban J connectivity index is 1.34. The van der Waals surface area contributed by atoms with Gasteiger partial charge in [-0.15, -0.1) is 0 Å². The van der Waals surface area contributed by atoms with Crippen LogP contribution >= 0.6 is 0 Å². The number of nitrogens with two attached hydrogens (primary N) is 1. The van der Waals surface area contributed by atoms with Crippen LogP contribution < -0.4 is 5.73 Å². The quantitative estimate of drug-likeness (QED) is 0.445. The zero-order valence-corrected chi connectivity index (χ0v) is 18.4. The molecule has 0 radical (unpaired) electrons. The zero-order valence-electron chi connectivity index (χ0n) is 18.4. The third-order valence-electron chi connectivity index (χ3n) is 11.3. The molecule has 8 fully saturated rings. The summed E-state index contributed by atoms with van der Waals surface area (Å²) in [6, 6.07) is 5.97. The summed E-state index contributed by atoms with van der Waals surface area (Å²) in [6.07, 6.45) is 14.4. The van der Waals surface area contributed by atoms with Crippen molar-refractivity contribution in [3.05, 3.63) is 23.8 Å². The summed E-state index contributed by atoms with van der Waals surface area (Å²) in [5, 5.41) is 20.4. The van der Waals surface area contributed by atoms with Gasteiger partial charge in [0.2, 0.25) is 0 Å². The van der Waals surface area contributed by atoms with E-state index in [1.54, 1.807) is 6.07 Å². The van der Waals surface area contributed by atoms with E-state index in [-0.39, 0.29) is 16.6 Å². The second-order valence-electron chi connectivity index (χ2n) is 13.1. The number of phenols is 1. The van der Waals surface area contributed by atoms with Crippen LogP contribution in [-0.4, -0.2) is 16.2 Å². The van der Waals surface area contributed by atoms with Crippen molar-refractivity contribution >= 4 is 11.7 Å². The van der Waals surface area contributed by atoms with Crippen LogP contribution in [-0.2, 0) is 10.2 Å². The van der Waals surface area contributed by atoms with Gasteiger partial charge in [0.05, 0.1) is 11.1 Å². The van der Waals surface area contributed by atoms with Crippen molar-refractivity contribution in [3.8, 4) is 5.75 Å². The van der Waals surface area contributed by atoms with Crippen LogP contribution in [0.4, 0.5) is 5.69 Å². The van der Waals surface area contributed by atoms with Gasteiger partial charge in [-0.05, 0) is 135 Å². The highest BCUT2D eigenvalue weighted by atomic mass is 16.4. The molecule has 31 heavy (non-hydrogen) atoms. The molecule has 0 amide bonds. The van der Waals surface area contributed by atoms with E-state index in [1.807, 2.05) is 0 Å². The number of aliphatic carboxylic acids is 1. The van der Waals surface area contributed by atoms with E-state index in [4.69, 9.17) is 5.73 Å². The molecule has 0 aromatic heterocycles. The van der Waals surface area contributed by atoms with E-state index in [9.17, 15) is 15.0 Å². The van der Waals surface area contributed by atoms with Crippen LogP contribution in [0.15, 0.2) is 18.2 Å². The fourth-order valence-corrected chi connectivity index (χ4v) is 11.2. The Morgan fingerprint density at radius 1 is 0.839 bits per heavy atom. The molecule has 0 spiro atoms. The first-order valence-corrected chi connectivity index (χ1v) is 12.6. The van der Waals surface area contributed by atoms with Crippen LogP contribution in [0.5, 0.6) is 5.75 Å². The average molecular weight is 422 g/mol. The molecule has 8 aliphatic carbocycles. The third-order valence-corrected chi connectivity index (χ3v) is 11.3. The van der Waals surface area contributed by atoms with Gasteiger partial charge in [-0.25, -0.2) is 0 Å². The maximum absolute atomic E-state index is 12.5. The number of aromatic hydroxyl groups is 1. The van der Waals surface area contributed by atoms with Crippen molar-refractivity contribution < 1.29 is 15.0 Å². The van der Waals surface area contributed by atoms with Crippen molar-refractivity contribution in [2.45, 2.75) is 82.5 Å². The average Bonchev–Trinajstić information content (AvgIpc) is 2.68. The normalized spacial score (nSPS) is 51.4. The number of benzene rings is 1. The number of rotatable bonds is 3. The van der Waals surface area contributed by atoms with Gasteiger partial charge < -0.3 is 15.9 Å². The first kappa shape index (κ1) is 18.8. The molecule has 9 rings (SSSR count). The molecule has 0 aliphatic heterocycles. The minimum absolute atomic E-state index is 0.172. The highest BCUT2D eigenvalue weighted by Gasteiger charge is 2.71. The van der Waals surface area contributed by atoms with Crippen molar-refractivity contribution in [3.63, 3.8) is 0 Å². The molecule has 0 saturated heterocycles. The highest BCUT2D eigenvalue weighted by molar-refractivity contribution is 5.75. The molecular weight excluding hydrogens is 386 g/mol. The summed E-state index contributed by atoms with van der Waals surface area (Å²) in [5.74, 6) is 2.48. The van der Waals surface area contributed by atoms with Gasteiger partial charge in [-0.1, -0.05) is 6.07 Å². The lowest BCUT2D eigenvalue weighted by Crippen LogP contribution is -2.66. The first-order valence-electron chi connectivity index (χ1n) is 12.6. The zero-order chi connectivity index (χ0) is 21.2. The standard InChI is InChI=1S/C27H35NO3/c28-21-5-20(1-2-22(21)29)24-6-16-3-17(7-24)11-26(10-16,14-24)27-12-18-4-19(13-27)9-25(8-18,15-27)23(30)31/h1-2,5,16-19,29H,3-4,6-15,28H2,(H,30,31). The van der Waals surface area contributed by atoms with Gasteiger partial charge in [0.15, 0.2) is 0 Å². The van der Waals surface area contributed by atoms with Crippen LogP contribution in [0.1, 0.15) is 82.6 Å². The number of carboxylic acids is 1. The second-order valence-corrected chi connectivity index (χ2v) is 13.1. The Morgan fingerprint density at radius 3 is 1.94 bits per heavy atom. The largest absolute Gasteiger partial charge is 0.506 e. The fraction of sp³-hybridized carbons (Fsp3) is 0.741. The number of phenolic OH excluding ortho intramolecular Hbond substituents is 1. The minimum Gasteiger partial charge on any atom is -0.506 e. The fourth-order valence-electron chi connectivity index (χ4n) is 11.2. The number of carbonyl (C=O) groups is 1. The Morgan fingerprint density at radius 2 is 1.39 bits per heavy atom. The maximum Gasteiger partial charge on any atom is 0.309 e. The summed E-state index contributed by atoms with van der Waals surface area (Å²) in [6.45, 7) is 0. The third kappa shape index (κ3) is 2.30. The lowest BCUT2D eigenvalue weighted by molar-refractivity contribution is -0.230. The van der Waals surface area contributed by atoms with Crippen LogP contribution in [0.3, 0.4) is 0 Å². The minimum atomic E-state index is -0.503. The van der Waals surface area contributed by atoms with E-state index >= 15 is 0 Å². The number of anilines is 1. The maximum atomic E-state index is 12.5. The predicted octanol–water partition coefficient (Wildman–Crippen LogP) is 5.48. The Labute approximate surface area is 184 Å². The second kappa shape index (κ2) is 5.61. The molecular formula is C27H35NO3. The Bertz CT molecular complexity index is 955. The molecule has 4 nitrogen and oxygen atoms in total. The summed E-state index contributed by atoms with van der Waals surface area (Å²) < 4.78 is 0. The monoisotopic (exact) mass is 421 g/mol. The van der Waals surface area contributed by atoms with E-state index in [2.05, 4.69) is 12.1 Å². The molecule has 0 heterocycles. The number of nitrogen functional groups attached to an aromatic ring is 1. The first-order chi connectivity index (χ1) is 14.7. The summed E-state index contributed by atoms with van der Waals surface area (Å²) in [4.78, 5) is 12.5. The molecule has 1 aromatic carbocycles. The summed E-state index contributed by atoms with van der Waals surface area (Å²) in [7, 11) is 0. The summed E-state index contributed by atoms with van der Waals surface area (Å²) >= 11 is 0. The van der Waals surface area contributed by atoms with Crippen LogP contribution in [0.25, 0.3) is 0 Å². The van der Waals surface area contributed by atoms with E-state index in [1.165, 1.54) is 63.4 Å². The van der Waals surface area contributed by atoms with Crippen molar-refractivity contribution in [1.29, 1.82) is 0 Å². The molecule has 166 valence electrons. The Kier molecular flexibility index (Phi) is 3.41. The van der Waals surface area contributed by atoms with E-state index < -0.39 is 11.4 Å². The molecule has 8 saturated carbocycles. The summed E-state index contributed by atoms with van der Waals surface area (Å²) in [5.41, 5.74) is 8.26. The van der Waals surface area contributed by atoms with E-state index in [0.29, 0.717) is 22.9 Å². The predicted molar refractivity (Wildman–Crippen MR) is 118 cm³/mol. The van der Waals surface area contributed by atoms with Gasteiger partial charge in [-0.3, -0.25) is 4.79 Å². The number of hydrogen-bond acceptors (Lipinski definition) is 3. The van der Waals surface area contributed by atoms with Crippen molar-refractivity contribution in [2.24, 2.45) is 39.9 Å². The smallest absolute Gasteiger partial charge is 0.309 e. The van der Waals surface area contributed by atoms with Gasteiger partial charge in [0, 0.05) is 0 Å². The SMILES string of the molecule is Nc1cc(C23CC4CC(C2)CC(C25CC6CC(CC(C(=O)O)(C6)C2)C5)(C4)C3)ccc1O. The van der Waals surface area contributed by atoms with Gasteiger partial charge in [0.25, 0.3) is 0 Å². The topological polar surface area (TPSA) is 83.6 Å².